The van der Waals surface area contributed by atoms with E-state index in [1.54, 1.807) is 23.8 Å². The van der Waals surface area contributed by atoms with E-state index in [1.165, 1.54) is 4.88 Å². The molecule has 6 heteroatoms. The van der Waals surface area contributed by atoms with Gasteiger partial charge in [0.2, 0.25) is 0 Å². The van der Waals surface area contributed by atoms with Gasteiger partial charge in [-0.25, -0.2) is 4.99 Å². The number of fused-ring (bicyclic) bond motifs is 1. The second kappa shape index (κ2) is 9.01. The van der Waals surface area contributed by atoms with E-state index in [0.717, 1.165) is 41.2 Å². The van der Waals surface area contributed by atoms with Gasteiger partial charge in [0.25, 0.3) is 5.91 Å². The first-order chi connectivity index (χ1) is 14.8. The second-order valence-corrected chi connectivity index (χ2v) is 10.6. The summed E-state index contributed by atoms with van der Waals surface area (Å²) in [6.45, 7) is 7.26. The van der Waals surface area contributed by atoms with Gasteiger partial charge in [-0.15, -0.1) is 11.3 Å². The number of furan rings is 1. The SMILES string of the molecule is CC(C)(C)[C@H]1CCc2c(sc(N=Cc3ccc(Cl)cc3)c2C(=O)NCc2ccco2)C1. The summed E-state index contributed by atoms with van der Waals surface area (Å²) < 4.78 is 5.36. The van der Waals surface area contributed by atoms with E-state index in [-0.39, 0.29) is 11.3 Å². The third kappa shape index (κ3) is 5.10. The Balaban J connectivity index is 1.64. The van der Waals surface area contributed by atoms with Crippen molar-refractivity contribution in [2.75, 3.05) is 0 Å². The quantitative estimate of drug-likeness (QED) is 0.429. The molecule has 0 bridgehead atoms. The van der Waals surface area contributed by atoms with Gasteiger partial charge in [0.1, 0.15) is 10.8 Å². The van der Waals surface area contributed by atoms with E-state index < -0.39 is 0 Å². The van der Waals surface area contributed by atoms with Gasteiger partial charge in [-0.05, 0) is 66.0 Å². The van der Waals surface area contributed by atoms with E-state index in [0.29, 0.717) is 23.0 Å². The standard InChI is InChI=1S/C25H27ClN2O2S/c1-25(2,3)17-8-11-20-21(13-17)31-24(28-14-16-6-9-18(26)10-7-16)22(20)23(29)27-15-19-5-4-12-30-19/h4-7,9-10,12,14,17H,8,11,13,15H2,1-3H3,(H,27,29)/t17-/m0/s1. The molecule has 0 saturated carbocycles. The number of benzene rings is 1. The number of carbonyl (C=O) groups is 1. The molecule has 31 heavy (non-hydrogen) atoms. The highest BCUT2D eigenvalue weighted by Gasteiger charge is 2.33. The van der Waals surface area contributed by atoms with Gasteiger partial charge in [-0.3, -0.25) is 4.79 Å². The fraction of sp³-hybridized carbons (Fsp3) is 0.360. The van der Waals surface area contributed by atoms with Gasteiger partial charge in [-0.1, -0.05) is 44.5 Å². The molecule has 1 amide bonds. The highest BCUT2D eigenvalue weighted by molar-refractivity contribution is 7.16. The van der Waals surface area contributed by atoms with Crippen LogP contribution < -0.4 is 5.32 Å². The third-order valence-electron chi connectivity index (χ3n) is 5.90. The van der Waals surface area contributed by atoms with Gasteiger partial charge >= 0.3 is 0 Å². The molecule has 0 fully saturated rings. The Morgan fingerprint density at radius 2 is 2.06 bits per heavy atom. The van der Waals surface area contributed by atoms with Crippen LogP contribution in [0, 0.1) is 11.3 Å². The van der Waals surface area contributed by atoms with E-state index in [2.05, 4.69) is 26.1 Å². The lowest BCUT2D eigenvalue weighted by Gasteiger charge is -2.33. The summed E-state index contributed by atoms with van der Waals surface area (Å²) in [4.78, 5) is 19.2. The molecule has 2 heterocycles. The van der Waals surface area contributed by atoms with Crippen LogP contribution in [0.15, 0.2) is 52.1 Å². The average Bonchev–Trinajstić information content (AvgIpc) is 3.38. The number of nitrogens with one attached hydrogen (secondary N) is 1. The van der Waals surface area contributed by atoms with Crippen LogP contribution in [0.3, 0.4) is 0 Å². The van der Waals surface area contributed by atoms with Crippen molar-refractivity contribution in [2.45, 2.75) is 46.6 Å². The summed E-state index contributed by atoms with van der Waals surface area (Å²) in [5.74, 6) is 1.24. The molecule has 0 saturated heterocycles. The molecule has 1 atom stereocenters. The largest absolute Gasteiger partial charge is 0.467 e. The van der Waals surface area contributed by atoms with Crippen LogP contribution >= 0.6 is 22.9 Å². The number of nitrogens with zero attached hydrogens (tertiary/aromatic N) is 1. The van der Waals surface area contributed by atoms with Crippen molar-refractivity contribution in [1.82, 2.24) is 5.32 Å². The monoisotopic (exact) mass is 454 g/mol. The van der Waals surface area contributed by atoms with Gasteiger partial charge < -0.3 is 9.73 Å². The number of halogens is 1. The van der Waals surface area contributed by atoms with Gasteiger partial charge in [0.15, 0.2) is 0 Å². The number of carbonyl (C=O) groups excluding carboxylic acids is 1. The van der Waals surface area contributed by atoms with E-state index in [9.17, 15) is 4.79 Å². The molecular weight excluding hydrogens is 428 g/mol. The third-order valence-corrected chi connectivity index (χ3v) is 7.32. The minimum atomic E-state index is -0.0913. The van der Waals surface area contributed by atoms with Crippen LogP contribution in [0.2, 0.25) is 5.02 Å². The van der Waals surface area contributed by atoms with Crippen LogP contribution in [-0.2, 0) is 19.4 Å². The molecule has 0 unspecified atom stereocenters. The smallest absolute Gasteiger partial charge is 0.255 e. The molecule has 1 N–H and O–H groups in total. The molecule has 4 nitrogen and oxygen atoms in total. The molecule has 162 valence electrons. The lowest BCUT2D eigenvalue weighted by Crippen LogP contribution is -2.28. The minimum absolute atomic E-state index is 0.0913. The zero-order chi connectivity index (χ0) is 22.0. The summed E-state index contributed by atoms with van der Waals surface area (Å²) in [5.41, 5.74) is 3.07. The maximum absolute atomic E-state index is 13.2. The molecule has 1 aromatic carbocycles. The van der Waals surface area contributed by atoms with Crippen molar-refractivity contribution in [3.8, 4) is 0 Å². The lowest BCUT2D eigenvalue weighted by molar-refractivity contribution is 0.0947. The maximum atomic E-state index is 13.2. The molecule has 3 aromatic rings. The first-order valence-electron chi connectivity index (χ1n) is 10.6. The Morgan fingerprint density at radius 1 is 1.29 bits per heavy atom. The Morgan fingerprint density at radius 3 is 2.74 bits per heavy atom. The van der Waals surface area contributed by atoms with Crippen molar-refractivity contribution in [3.63, 3.8) is 0 Å². The molecule has 1 aliphatic rings. The highest BCUT2D eigenvalue weighted by Crippen LogP contribution is 2.45. The summed E-state index contributed by atoms with van der Waals surface area (Å²) in [7, 11) is 0. The number of hydrogen-bond donors (Lipinski definition) is 1. The first kappa shape index (κ1) is 21.8. The average molecular weight is 455 g/mol. The predicted molar refractivity (Wildman–Crippen MR) is 128 cm³/mol. The molecule has 0 spiro atoms. The topological polar surface area (TPSA) is 54.6 Å². The maximum Gasteiger partial charge on any atom is 0.255 e. The summed E-state index contributed by atoms with van der Waals surface area (Å²) >= 11 is 7.64. The van der Waals surface area contributed by atoms with Crippen LogP contribution in [0.1, 0.15) is 59.3 Å². The molecule has 4 rings (SSSR count). The molecule has 0 aliphatic heterocycles. The Bertz CT molecular complexity index is 1080. The number of hydrogen-bond acceptors (Lipinski definition) is 4. The lowest BCUT2D eigenvalue weighted by atomic mass is 9.72. The van der Waals surface area contributed by atoms with Crippen molar-refractivity contribution in [3.05, 3.63) is 75.0 Å². The predicted octanol–water partition coefficient (Wildman–Crippen LogP) is 6.83. The first-order valence-corrected chi connectivity index (χ1v) is 11.8. The number of aliphatic imine (C=N–C) groups is 1. The molecule has 1 aliphatic carbocycles. The van der Waals surface area contributed by atoms with Crippen molar-refractivity contribution < 1.29 is 9.21 Å². The zero-order valence-electron chi connectivity index (χ0n) is 18.1. The van der Waals surface area contributed by atoms with Crippen LogP contribution in [-0.4, -0.2) is 12.1 Å². The van der Waals surface area contributed by atoms with E-state index in [1.807, 2.05) is 36.4 Å². The van der Waals surface area contributed by atoms with Gasteiger partial charge in [0.05, 0.1) is 18.4 Å². The van der Waals surface area contributed by atoms with Crippen LogP contribution in [0.25, 0.3) is 0 Å². The van der Waals surface area contributed by atoms with E-state index >= 15 is 0 Å². The van der Waals surface area contributed by atoms with E-state index in [4.69, 9.17) is 21.0 Å². The normalized spacial score (nSPS) is 16.5. The van der Waals surface area contributed by atoms with Gasteiger partial charge in [-0.2, -0.15) is 0 Å². The summed E-state index contributed by atoms with van der Waals surface area (Å²) in [5, 5.41) is 4.47. The second-order valence-electron chi connectivity index (χ2n) is 9.06. The Hall–Kier alpha value is -2.37. The van der Waals surface area contributed by atoms with Crippen molar-refractivity contribution >= 4 is 40.1 Å². The fourth-order valence-corrected chi connectivity index (χ4v) is 5.38. The molecule has 0 radical (unpaired) electrons. The highest BCUT2D eigenvalue weighted by atomic mass is 35.5. The number of rotatable bonds is 5. The fourth-order valence-electron chi connectivity index (χ4n) is 3.99. The molecule has 2 aromatic heterocycles. The van der Waals surface area contributed by atoms with Crippen LogP contribution in [0.5, 0.6) is 0 Å². The van der Waals surface area contributed by atoms with Crippen molar-refractivity contribution in [2.24, 2.45) is 16.3 Å². The van der Waals surface area contributed by atoms with Crippen molar-refractivity contribution in [1.29, 1.82) is 0 Å². The minimum Gasteiger partial charge on any atom is -0.467 e. The number of amides is 1. The Labute approximate surface area is 192 Å². The summed E-state index contributed by atoms with van der Waals surface area (Å²) in [6.07, 6.45) is 6.42. The number of thiophene rings is 1. The van der Waals surface area contributed by atoms with Crippen LogP contribution in [0.4, 0.5) is 5.00 Å². The Kier molecular flexibility index (Phi) is 6.35. The van der Waals surface area contributed by atoms with Gasteiger partial charge in [0, 0.05) is 16.1 Å². The molecular formula is C25H27ClN2O2S. The zero-order valence-corrected chi connectivity index (χ0v) is 19.6. The summed E-state index contributed by atoms with van der Waals surface area (Å²) in [6, 6.07) is 11.2.